The molecule has 1 aromatic heterocycles. The Labute approximate surface area is 311 Å². The van der Waals surface area contributed by atoms with Gasteiger partial charge in [-0.2, -0.15) is 0 Å². The predicted octanol–water partition coefficient (Wildman–Crippen LogP) is 4.83. The molecular weight excluding hydrogens is 670 g/mol. The zero-order chi connectivity index (χ0) is 37.8. The Balaban J connectivity index is 1.31. The monoisotopic (exact) mass is 719 g/mol. The van der Waals surface area contributed by atoms with Crippen molar-refractivity contribution in [1.82, 2.24) is 25.6 Å². The van der Waals surface area contributed by atoms with Crippen LogP contribution in [-0.2, 0) is 33.7 Å². The van der Waals surface area contributed by atoms with Gasteiger partial charge < -0.3 is 25.2 Å². The summed E-state index contributed by atoms with van der Waals surface area (Å²) in [5.41, 5.74) is 6.76. The van der Waals surface area contributed by atoms with Gasteiger partial charge in [0.05, 0.1) is 30.8 Å². The van der Waals surface area contributed by atoms with Crippen molar-refractivity contribution in [3.05, 3.63) is 126 Å². The molecular formula is C42H49N5O6. The molecule has 1 fully saturated rings. The number of fused-ring (bicyclic) bond motifs is 1. The van der Waals surface area contributed by atoms with Gasteiger partial charge >= 0.3 is 6.09 Å². The maximum atomic E-state index is 14.8. The second-order valence-corrected chi connectivity index (χ2v) is 15.2. The average molecular weight is 720 g/mol. The number of benzene rings is 3. The molecule has 11 heteroatoms. The second kappa shape index (κ2) is 15.9. The minimum atomic E-state index is -1.25. The Morgan fingerprint density at radius 2 is 1.68 bits per heavy atom. The molecule has 0 radical (unpaired) electrons. The number of nitrogens with one attached hydrogen (secondary N) is 2. The normalized spacial score (nSPS) is 21.7. The van der Waals surface area contributed by atoms with E-state index in [4.69, 9.17) is 4.74 Å². The first kappa shape index (κ1) is 37.7. The van der Waals surface area contributed by atoms with Crippen LogP contribution in [0, 0.1) is 10.8 Å². The standard InChI is InChI=1S/C42H49N5O6/c1-41(2,3)37(44-40(52)53-4)38(50)45-46(26-29-16-18-30(19-17-29)32-14-10-21-43-25-32)22-20-42(24-28-11-6-5-7-12-28)35(49)27-47(39(42)51)36-33-15-9-8-13-31(33)23-34(36)48/h5-19,21,25,34-37,48-49H,20,22-24,26-27H2,1-4H3,(H,44,52)(H,45,50)/t34-,35-,36?,37-,42+/m1/s1. The molecule has 4 aromatic rings. The van der Waals surface area contributed by atoms with Gasteiger partial charge in [-0.1, -0.05) is 106 Å². The summed E-state index contributed by atoms with van der Waals surface area (Å²) in [5.74, 6) is -0.681. The number of hydrogen-bond donors (Lipinski definition) is 4. The molecule has 1 aliphatic carbocycles. The number of aliphatic hydroxyl groups is 2. The highest BCUT2D eigenvalue weighted by Gasteiger charge is 2.56. The lowest BCUT2D eigenvalue weighted by molar-refractivity contribution is -0.142. The van der Waals surface area contributed by atoms with Gasteiger partial charge in [0.15, 0.2) is 0 Å². The lowest BCUT2D eigenvalue weighted by atomic mass is 9.75. The SMILES string of the molecule is COC(=O)N[C@H](C(=O)NN(CC[C@@]1(Cc2ccccc2)C(=O)N(C2c3ccccc3C[C@H]2O)C[C@H]1O)Cc1ccc(-c2cccnc2)cc1)C(C)(C)C. The minimum absolute atomic E-state index is 0.0685. The van der Waals surface area contributed by atoms with Crippen molar-refractivity contribution in [2.24, 2.45) is 10.8 Å². The minimum Gasteiger partial charge on any atom is -0.453 e. The number of ether oxygens (including phenoxy) is 1. The van der Waals surface area contributed by atoms with Gasteiger partial charge in [-0.05, 0) is 57.7 Å². The number of aromatic nitrogens is 1. The fraction of sp³-hybridized carbons (Fsp3) is 0.381. The first-order chi connectivity index (χ1) is 25.4. The number of rotatable bonds is 12. The smallest absolute Gasteiger partial charge is 0.407 e. The molecule has 3 amide bonds. The van der Waals surface area contributed by atoms with Gasteiger partial charge in [0.2, 0.25) is 5.91 Å². The maximum Gasteiger partial charge on any atom is 0.407 e. The van der Waals surface area contributed by atoms with Crippen LogP contribution in [0.25, 0.3) is 11.1 Å². The first-order valence-corrected chi connectivity index (χ1v) is 18.1. The van der Waals surface area contributed by atoms with Gasteiger partial charge in [-0.15, -0.1) is 0 Å². The molecule has 0 spiro atoms. The summed E-state index contributed by atoms with van der Waals surface area (Å²) in [6, 6.07) is 27.6. The summed E-state index contributed by atoms with van der Waals surface area (Å²) in [7, 11) is 1.25. The number of nitrogens with zero attached hydrogens (tertiary/aromatic N) is 3. The number of methoxy groups -OCH3 is 1. The average Bonchev–Trinajstić information content (AvgIpc) is 3.60. The van der Waals surface area contributed by atoms with Crippen LogP contribution < -0.4 is 10.7 Å². The Hall–Kier alpha value is -5.10. The summed E-state index contributed by atoms with van der Waals surface area (Å²) in [6.45, 7) is 6.08. The topological polar surface area (TPSA) is 144 Å². The third kappa shape index (κ3) is 8.27. The molecule has 2 heterocycles. The number of carbonyl (C=O) groups excluding carboxylic acids is 3. The molecule has 53 heavy (non-hydrogen) atoms. The van der Waals surface area contributed by atoms with Crippen molar-refractivity contribution in [1.29, 1.82) is 0 Å². The number of hydrogen-bond acceptors (Lipinski definition) is 8. The van der Waals surface area contributed by atoms with Crippen LogP contribution in [0.15, 0.2) is 103 Å². The highest BCUT2D eigenvalue weighted by molar-refractivity contribution is 5.87. The highest BCUT2D eigenvalue weighted by atomic mass is 16.5. The van der Waals surface area contributed by atoms with Crippen molar-refractivity contribution >= 4 is 17.9 Å². The largest absolute Gasteiger partial charge is 0.453 e. The second-order valence-electron chi connectivity index (χ2n) is 15.2. The summed E-state index contributed by atoms with van der Waals surface area (Å²) >= 11 is 0. The molecule has 2 aliphatic rings. The van der Waals surface area contributed by atoms with Crippen LogP contribution in [0.4, 0.5) is 4.79 Å². The molecule has 1 unspecified atom stereocenters. The van der Waals surface area contributed by atoms with E-state index in [9.17, 15) is 24.6 Å². The van der Waals surface area contributed by atoms with Gasteiger partial charge in [0, 0.05) is 38.4 Å². The lowest BCUT2D eigenvalue weighted by Gasteiger charge is -2.36. The highest BCUT2D eigenvalue weighted by Crippen LogP contribution is 2.46. The molecule has 278 valence electrons. The van der Waals surface area contributed by atoms with E-state index in [1.165, 1.54) is 7.11 Å². The number of amides is 3. The molecule has 6 rings (SSSR count). The van der Waals surface area contributed by atoms with Crippen LogP contribution in [-0.4, -0.2) is 81.5 Å². The van der Waals surface area contributed by atoms with Crippen molar-refractivity contribution in [2.45, 2.75) is 70.9 Å². The van der Waals surface area contributed by atoms with E-state index in [1.54, 1.807) is 22.3 Å². The number of hydrazine groups is 1. The van der Waals surface area contributed by atoms with Gasteiger partial charge in [0.1, 0.15) is 6.04 Å². The van der Waals surface area contributed by atoms with Gasteiger partial charge in [0.25, 0.3) is 5.91 Å². The van der Waals surface area contributed by atoms with E-state index in [2.05, 4.69) is 15.7 Å². The number of likely N-dealkylation sites (tertiary alicyclic amines) is 1. The first-order valence-electron chi connectivity index (χ1n) is 18.1. The van der Waals surface area contributed by atoms with Crippen molar-refractivity contribution in [2.75, 3.05) is 20.2 Å². The summed E-state index contributed by atoms with van der Waals surface area (Å²) in [5, 5.41) is 27.6. The van der Waals surface area contributed by atoms with Gasteiger partial charge in [-0.25, -0.2) is 9.80 Å². The van der Waals surface area contributed by atoms with Crippen LogP contribution in [0.1, 0.15) is 55.5 Å². The number of alkyl carbamates (subject to hydrolysis) is 1. The summed E-state index contributed by atoms with van der Waals surface area (Å²) < 4.78 is 4.83. The zero-order valence-electron chi connectivity index (χ0n) is 30.7. The molecule has 0 bridgehead atoms. The zero-order valence-corrected chi connectivity index (χ0v) is 30.7. The van der Waals surface area contributed by atoms with Gasteiger partial charge in [-0.3, -0.25) is 20.0 Å². The Morgan fingerprint density at radius 1 is 0.962 bits per heavy atom. The van der Waals surface area contributed by atoms with Crippen LogP contribution >= 0.6 is 0 Å². The number of pyridine rings is 1. The molecule has 5 atom stereocenters. The number of aliphatic hydroxyl groups excluding tert-OH is 2. The molecule has 1 aliphatic heterocycles. The van der Waals surface area contributed by atoms with E-state index in [1.807, 2.05) is 112 Å². The summed E-state index contributed by atoms with van der Waals surface area (Å²) in [6.07, 6.45) is 1.85. The number of carbonyl (C=O) groups is 3. The third-order valence-corrected chi connectivity index (χ3v) is 10.6. The van der Waals surface area contributed by atoms with E-state index >= 15 is 0 Å². The van der Waals surface area contributed by atoms with Crippen molar-refractivity contribution in [3.63, 3.8) is 0 Å². The molecule has 11 nitrogen and oxygen atoms in total. The summed E-state index contributed by atoms with van der Waals surface area (Å²) in [4.78, 5) is 47.0. The van der Waals surface area contributed by atoms with E-state index < -0.39 is 47.1 Å². The van der Waals surface area contributed by atoms with Crippen LogP contribution in [0.5, 0.6) is 0 Å². The predicted molar refractivity (Wildman–Crippen MR) is 201 cm³/mol. The van der Waals surface area contributed by atoms with E-state index in [0.717, 1.165) is 33.4 Å². The fourth-order valence-corrected chi connectivity index (χ4v) is 7.69. The Morgan fingerprint density at radius 3 is 2.36 bits per heavy atom. The molecule has 3 aromatic carbocycles. The van der Waals surface area contributed by atoms with E-state index in [-0.39, 0.29) is 38.4 Å². The van der Waals surface area contributed by atoms with E-state index in [0.29, 0.717) is 6.42 Å². The lowest BCUT2D eigenvalue weighted by Crippen LogP contribution is -2.57. The van der Waals surface area contributed by atoms with Crippen LogP contribution in [0.3, 0.4) is 0 Å². The molecule has 0 saturated carbocycles. The molecule has 4 N–H and O–H groups in total. The van der Waals surface area contributed by atoms with Crippen LogP contribution in [0.2, 0.25) is 0 Å². The van der Waals surface area contributed by atoms with Crippen molar-refractivity contribution in [3.8, 4) is 11.1 Å². The maximum absolute atomic E-state index is 14.8. The molecule has 1 saturated heterocycles. The fourth-order valence-electron chi connectivity index (χ4n) is 7.69. The quantitative estimate of drug-likeness (QED) is 0.153. The third-order valence-electron chi connectivity index (χ3n) is 10.6. The van der Waals surface area contributed by atoms with Crippen molar-refractivity contribution < 1.29 is 29.3 Å². The number of β-amino-alcohol motifs (C(OH)–C–C–N with tert-alkyl or cyclic N) is 1. The Kier molecular flexibility index (Phi) is 11.3. The Bertz CT molecular complexity index is 1880.